The quantitative estimate of drug-likeness (QED) is 0.216. The number of nitrogens with one attached hydrogen (secondary N) is 2. The summed E-state index contributed by atoms with van der Waals surface area (Å²) in [5.41, 5.74) is 5.25. The predicted octanol–water partition coefficient (Wildman–Crippen LogP) is 4.11. The van der Waals surface area contributed by atoms with E-state index in [0.29, 0.717) is 28.8 Å². The number of anilines is 1. The van der Waals surface area contributed by atoms with Crippen LogP contribution in [0.4, 0.5) is 5.13 Å². The van der Waals surface area contributed by atoms with Crippen LogP contribution in [0.3, 0.4) is 0 Å². The van der Waals surface area contributed by atoms with Crippen molar-refractivity contribution in [1.29, 1.82) is 0 Å². The van der Waals surface area contributed by atoms with Gasteiger partial charge in [0.15, 0.2) is 5.13 Å². The van der Waals surface area contributed by atoms with Crippen LogP contribution >= 0.6 is 23.3 Å². The van der Waals surface area contributed by atoms with Gasteiger partial charge in [-0.2, -0.15) is 0 Å². The number of nitrogens with two attached hydrogens (primary N) is 1. The fourth-order valence-corrected chi connectivity index (χ4v) is 5.30. The molecule has 0 bridgehead atoms. The second-order valence-corrected chi connectivity index (χ2v) is 12.1. The zero-order chi connectivity index (χ0) is 25.3. The Kier molecular flexibility index (Phi) is 10.5. The van der Waals surface area contributed by atoms with Gasteiger partial charge in [0.25, 0.3) is 0 Å². The van der Waals surface area contributed by atoms with Crippen molar-refractivity contribution in [3.8, 4) is 0 Å². The van der Waals surface area contributed by atoms with Crippen LogP contribution in [0.1, 0.15) is 71.6 Å². The van der Waals surface area contributed by atoms with E-state index in [1.807, 2.05) is 5.38 Å². The van der Waals surface area contributed by atoms with Crippen LogP contribution in [-0.2, 0) is 14.4 Å². The average Bonchev–Trinajstić information content (AvgIpc) is 3.61. The molecule has 0 aromatic carbocycles. The summed E-state index contributed by atoms with van der Waals surface area (Å²) in [5.74, 6) is 0.476. The zero-order valence-corrected chi connectivity index (χ0v) is 22.5. The molecule has 1 aromatic heterocycles. The molecule has 1 aromatic rings. The number of unbranched alkanes of at least 4 members (excludes halogenated alkanes) is 3. The average molecular weight is 522 g/mol. The maximum atomic E-state index is 11.9. The topological polar surface area (TPSA) is 117 Å². The molecule has 4 N–H and O–H groups in total. The van der Waals surface area contributed by atoms with E-state index in [2.05, 4.69) is 41.0 Å². The third-order valence-corrected chi connectivity index (χ3v) is 8.55. The van der Waals surface area contributed by atoms with Crippen LogP contribution in [0.2, 0.25) is 0 Å². The Morgan fingerprint density at radius 3 is 2.80 bits per heavy atom. The molecule has 35 heavy (non-hydrogen) atoms. The minimum Gasteiger partial charge on any atom is -0.368 e. The number of rotatable bonds is 12. The minimum absolute atomic E-state index is 0.110. The van der Waals surface area contributed by atoms with E-state index in [9.17, 15) is 14.4 Å². The van der Waals surface area contributed by atoms with Crippen molar-refractivity contribution in [3.05, 3.63) is 23.7 Å². The van der Waals surface area contributed by atoms with Gasteiger partial charge in [-0.25, -0.2) is 4.98 Å². The number of thiazole rings is 1. The fourth-order valence-electron chi connectivity index (χ4n) is 3.96. The maximum absolute atomic E-state index is 11.9. The van der Waals surface area contributed by atoms with E-state index >= 15 is 0 Å². The SMILES string of the molecule is CCCCC/C=C\C1C[C@@H]1C(=O)NSC1(C)CC1.NC(=O)[C@@H]1CCCN1C(=O)CNc1nccs1. The van der Waals surface area contributed by atoms with Crippen LogP contribution in [-0.4, -0.2) is 51.5 Å². The lowest BCUT2D eigenvalue weighted by molar-refractivity contribution is -0.135. The summed E-state index contributed by atoms with van der Waals surface area (Å²) in [7, 11) is 0. The van der Waals surface area contributed by atoms with Gasteiger partial charge < -0.3 is 16.0 Å². The Labute approximate surface area is 217 Å². The second-order valence-electron chi connectivity index (χ2n) is 9.79. The molecule has 10 heteroatoms. The first-order valence-corrected chi connectivity index (χ1v) is 14.4. The Hall–Kier alpha value is -2.07. The Balaban J connectivity index is 0.000000196. The third kappa shape index (κ3) is 9.14. The van der Waals surface area contributed by atoms with E-state index in [0.717, 1.165) is 12.8 Å². The first kappa shape index (κ1) is 27.5. The number of amides is 3. The lowest BCUT2D eigenvalue weighted by atomic mass is 10.2. The number of hydrogen-bond donors (Lipinski definition) is 3. The molecule has 1 aliphatic heterocycles. The molecule has 1 unspecified atom stereocenters. The van der Waals surface area contributed by atoms with Gasteiger partial charge in [-0.15, -0.1) is 11.3 Å². The van der Waals surface area contributed by atoms with Gasteiger partial charge in [0.05, 0.1) is 6.54 Å². The lowest BCUT2D eigenvalue weighted by Crippen LogP contribution is -2.45. The fraction of sp³-hybridized carbons (Fsp3) is 0.680. The van der Waals surface area contributed by atoms with Crippen molar-refractivity contribution in [2.45, 2.75) is 82.4 Å². The van der Waals surface area contributed by atoms with E-state index in [1.54, 1.807) is 23.0 Å². The number of likely N-dealkylation sites (tertiary alicyclic amines) is 1. The highest BCUT2D eigenvalue weighted by Gasteiger charge is 2.44. The number of hydrogen-bond acceptors (Lipinski definition) is 7. The van der Waals surface area contributed by atoms with Gasteiger partial charge in [0.1, 0.15) is 6.04 Å². The van der Waals surface area contributed by atoms with Crippen LogP contribution in [0.15, 0.2) is 23.7 Å². The number of primary amides is 1. The summed E-state index contributed by atoms with van der Waals surface area (Å²) in [6.07, 6.45) is 16.3. The van der Waals surface area contributed by atoms with Crippen molar-refractivity contribution in [2.75, 3.05) is 18.4 Å². The van der Waals surface area contributed by atoms with Crippen LogP contribution in [0.5, 0.6) is 0 Å². The van der Waals surface area contributed by atoms with Crippen molar-refractivity contribution in [2.24, 2.45) is 17.6 Å². The normalized spacial score (nSPS) is 23.9. The molecular weight excluding hydrogens is 482 g/mol. The van der Waals surface area contributed by atoms with Crippen LogP contribution < -0.4 is 15.8 Å². The molecule has 1 saturated heterocycles. The highest BCUT2D eigenvalue weighted by Crippen LogP contribution is 2.47. The Morgan fingerprint density at radius 1 is 1.34 bits per heavy atom. The molecule has 0 radical (unpaired) electrons. The van der Waals surface area contributed by atoms with Gasteiger partial charge in [-0.3, -0.25) is 19.1 Å². The lowest BCUT2D eigenvalue weighted by Gasteiger charge is -2.22. The molecule has 3 amide bonds. The molecule has 3 aliphatic rings. The molecule has 8 nitrogen and oxygen atoms in total. The van der Waals surface area contributed by atoms with Gasteiger partial charge in [-0.1, -0.05) is 31.9 Å². The van der Waals surface area contributed by atoms with Crippen molar-refractivity contribution < 1.29 is 14.4 Å². The smallest absolute Gasteiger partial charge is 0.242 e. The van der Waals surface area contributed by atoms with E-state index < -0.39 is 11.9 Å². The molecule has 194 valence electrons. The van der Waals surface area contributed by atoms with E-state index in [-0.39, 0.29) is 24.3 Å². The highest BCUT2D eigenvalue weighted by atomic mass is 32.2. The number of carbonyl (C=O) groups is 3. The number of allylic oxidation sites excluding steroid dienone is 2. The van der Waals surface area contributed by atoms with E-state index in [4.69, 9.17) is 5.73 Å². The molecule has 3 fully saturated rings. The summed E-state index contributed by atoms with van der Waals surface area (Å²) in [6, 6.07) is -0.444. The van der Waals surface area contributed by atoms with Crippen molar-refractivity contribution in [3.63, 3.8) is 0 Å². The second kappa shape index (κ2) is 13.3. The molecule has 2 heterocycles. The predicted molar refractivity (Wildman–Crippen MR) is 143 cm³/mol. The largest absolute Gasteiger partial charge is 0.368 e. The summed E-state index contributed by atoms with van der Waals surface area (Å²) in [4.78, 5) is 40.5. The Bertz CT molecular complexity index is 872. The van der Waals surface area contributed by atoms with Crippen molar-refractivity contribution in [1.82, 2.24) is 14.6 Å². The first-order chi connectivity index (χ1) is 16.8. The first-order valence-electron chi connectivity index (χ1n) is 12.7. The standard InChI is InChI=1S/C15H25NOS.C10H14N4O2S/c1-3-4-5-6-7-8-12-11-13(12)14(17)16-18-15(2)9-10-15;11-9(16)7-2-1-4-14(7)8(15)6-13-10-12-3-5-17-10/h7-8,12-13H,3-6,9-11H2,1-2H3,(H,16,17);3,5,7H,1-2,4,6H2,(H2,11,16)(H,12,13)/b8-7-;/t12?,13-;7-/m00/s1. The number of nitrogens with zero attached hydrogens (tertiary/aromatic N) is 2. The van der Waals surface area contributed by atoms with Gasteiger partial charge in [0, 0.05) is 28.8 Å². The minimum atomic E-state index is -0.444. The van der Waals surface area contributed by atoms with Crippen LogP contribution in [0.25, 0.3) is 0 Å². The molecule has 2 saturated carbocycles. The van der Waals surface area contributed by atoms with Gasteiger partial charge in [-0.05, 0) is 69.7 Å². The molecular formula is C25H39N5O3S2. The number of aromatic nitrogens is 1. The molecule has 4 rings (SSSR count). The summed E-state index contributed by atoms with van der Waals surface area (Å²) >= 11 is 3.06. The summed E-state index contributed by atoms with van der Waals surface area (Å²) in [6.45, 7) is 5.20. The Morgan fingerprint density at radius 2 is 2.14 bits per heavy atom. The van der Waals surface area contributed by atoms with Gasteiger partial charge >= 0.3 is 0 Å². The van der Waals surface area contributed by atoms with Gasteiger partial charge in [0.2, 0.25) is 17.7 Å². The summed E-state index contributed by atoms with van der Waals surface area (Å²) < 4.78 is 3.37. The number of carbonyl (C=O) groups excluding carboxylic acids is 3. The molecule has 3 atom stereocenters. The summed E-state index contributed by atoms with van der Waals surface area (Å²) in [5, 5.41) is 5.46. The highest BCUT2D eigenvalue weighted by molar-refractivity contribution is 7.99. The molecule has 2 aliphatic carbocycles. The van der Waals surface area contributed by atoms with E-state index in [1.165, 1.54) is 49.9 Å². The van der Waals surface area contributed by atoms with Crippen molar-refractivity contribution >= 4 is 46.1 Å². The maximum Gasteiger partial charge on any atom is 0.242 e. The molecule has 0 spiro atoms. The van der Waals surface area contributed by atoms with Crippen LogP contribution in [0, 0.1) is 11.8 Å². The monoisotopic (exact) mass is 521 g/mol. The third-order valence-electron chi connectivity index (χ3n) is 6.61. The zero-order valence-electron chi connectivity index (χ0n) is 20.8.